The van der Waals surface area contributed by atoms with Crippen LogP contribution in [0.4, 0.5) is 11.5 Å². The molecule has 0 aliphatic heterocycles. The first-order chi connectivity index (χ1) is 7.59. The lowest BCUT2D eigenvalue weighted by Gasteiger charge is -1.97. The van der Waals surface area contributed by atoms with E-state index in [0.29, 0.717) is 23.7 Å². The fraction of sp³-hybridized carbons (Fsp3) is 0.273. The van der Waals surface area contributed by atoms with Crippen molar-refractivity contribution in [1.82, 2.24) is 4.98 Å². The van der Waals surface area contributed by atoms with Crippen molar-refractivity contribution in [1.29, 1.82) is 0 Å². The lowest BCUT2D eigenvalue weighted by Crippen LogP contribution is -1.97. The number of carbonyl (C=O) groups is 1. The number of pyridine rings is 1. The van der Waals surface area contributed by atoms with Crippen molar-refractivity contribution in [2.45, 2.75) is 13.3 Å². The smallest absolute Gasteiger partial charge is 0.185 e. The summed E-state index contributed by atoms with van der Waals surface area (Å²) in [4.78, 5) is 14.5. The SMILES string of the molecule is CC(=O)SCCC#Cc1cnc(N)c(N)c1. The Morgan fingerprint density at radius 1 is 1.56 bits per heavy atom. The Kier molecular flexibility index (Phi) is 4.67. The predicted octanol–water partition coefficient (Wildman–Crippen LogP) is 1.27. The van der Waals surface area contributed by atoms with Crippen molar-refractivity contribution < 1.29 is 4.79 Å². The number of thioether (sulfide) groups is 1. The van der Waals surface area contributed by atoms with Gasteiger partial charge >= 0.3 is 0 Å². The molecule has 0 bridgehead atoms. The van der Waals surface area contributed by atoms with Crippen molar-refractivity contribution in [3.8, 4) is 11.8 Å². The predicted molar refractivity (Wildman–Crippen MR) is 67.7 cm³/mol. The Labute approximate surface area is 98.8 Å². The van der Waals surface area contributed by atoms with Gasteiger partial charge in [-0.1, -0.05) is 23.6 Å². The molecule has 1 heterocycles. The van der Waals surface area contributed by atoms with E-state index in [9.17, 15) is 4.79 Å². The van der Waals surface area contributed by atoms with Crippen LogP contribution in [0, 0.1) is 11.8 Å². The highest BCUT2D eigenvalue weighted by Crippen LogP contribution is 2.11. The van der Waals surface area contributed by atoms with Gasteiger partial charge < -0.3 is 11.5 Å². The summed E-state index contributed by atoms with van der Waals surface area (Å²) in [7, 11) is 0. The first-order valence-corrected chi connectivity index (χ1v) is 5.71. The molecule has 5 heteroatoms. The highest BCUT2D eigenvalue weighted by atomic mass is 32.2. The molecule has 0 amide bonds. The van der Waals surface area contributed by atoms with Crippen molar-refractivity contribution in [2.75, 3.05) is 17.2 Å². The molecule has 0 unspecified atom stereocenters. The fourth-order valence-corrected chi connectivity index (χ4v) is 1.46. The molecule has 0 saturated heterocycles. The van der Waals surface area contributed by atoms with Crippen LogP contribution in [0.15, 0.2) is 12.3 Å². The molecule has 84 valence electrons. The number of nitrogens with two attached hydrogens (primary N) is 2. The Morgan fingerprint density at radius 2 is 2.31 bits per heavy atom. The highest BCUT2D eigenvalue weighted by Gasteiger charge is 1.95. The van der Waals surface area contributed by atoms with E-state index in [1.807, 2.05) is 0 Å². The number of nitrogens with zero attached hydrogens (tertiary/aromatic N) is 1. The van der Waals surface area contributed by atoms with E-state index in [2.05, 4.69) is 16.8 Å². The topological polar surface area (TPSA) is 82.0 Å². The molecule has 0 spiro atoms. The Balaban J connectivity index is 2.50. The minimum atomic E-state index is 0.111. The second-order valence-electron chi connectivity index (χ2n) is 3.09. The summed E-state index contributed by atoms with van der Waals surface area (Å²) in [6, 6.07) is 1.69. The number of aromatic nitrogens is 1. The number of nitrogen functional groups attached to an aromatic ring is 2. The maximum Gasteiger partial charge on any atom is 0.185 e. The minimum absolute atomic E-state index is 0.111. The largest absolute Gasteiger partial charge is 0.396 e. The molecule has 0 radical (unpaired) electrons. The van der Waals surface area contributed by atoms with Crippen molar-refractivity contribution in [3.63, 3.8) is 0 Å². The number of carbonyl (C=O) groups excluding carboxylic acids is 1. The molecule has 0 aliphatic rings. The van der Waals surface area contributed by atoms with Gasteiger partial charge in [0.2, 0.25) is 0 Å². The van der Waals surface area contributed by atoms with E-state index in [-0.39, 0.29) is 5.12 Å². The Hall–Kier alpha value is -1.67. The van der Waals surface area contributed by atoms with Gasteiger partial charge in [-0.25, -0.2) is 4.98 Å². The van der Waals surface area contributed by atoms with Gasteiger partial charge in [0, 0.05) is 30.9 Å². The molecule has 1 aromatic heterocycles. The lowest BCUT2D eigenvalue weighted by atomic mass is 10.2. The molecule has 4 N–H and O–H groups in total. The fourth-order valence-electron chi connectivity index (χ4n) is 0.971. The summed E-state index contributed by atoms with van der Waals surface area (Å²) in [5.74, 6) is 6.88. The zero-order valence-corrected chi connectivity index (χ0v) is 9.80. The quantitative estimate of drug-likeness (QED) is 0.596. The van der Waals surface area contributed by atoms with Crippen LogP contribution in [0.1, 0.15) is 18.9 Å². The molecule has 1 rings (SSSR count). The van der Waals surface area contributed by atoms with E-state index in [4.69, 9.17) is 11.5 Å². The van der Waals surface area contributed by atoms with Gasteiger partial charge in [0.05, 0.1) is 5.69 Å². The van der Waals surface area contributed by atoms with Crippen LogP contribution >= 0.6 is 11.8 Å². The summed E-state index contributed by atoms with van der Waals surface area (Å²) >= 11 is 1.27. The van der Waals surface area contributed by atoms with Crippen LogP contribution < -0.4 is 11.5 Å². The van der Waals surface area contributed by atoms with Gasteiger partial charge in [-0.3, -0.25) is 4.79 Å². The number of anilines is 2. The summed E-state index contributed by atoms with van der Waals surface area (Å²) < 4.78 is 0. The molecular weight excluding hydrogens is 222 g/mol. The molecule has 0 fully saturated rings. The lowest BCUT2D eigenvalue weighted by molar-refractivity contribution is -0.109. The van der Waals surface area contributed by atoms with Gasteiger partial charge in [0.1, 0.15) is 5.82 Å². The average molecular weight is 235 g/mol. The van der Waals surface area contributed by atoms with Gasteiger partial charge in [-0.05, 0) is 6.07 Å². The van der Waals surface area contributed by atoms with Crippen LogP contribution in [-0.4, -0.2) is 15.9 Å². The van der Waals surface area contributed by atoms with Gasteiger partial charge in [0.25, 0.3) is 0 Å². The molecule has 0 aliphatic carbocycles. The second kappa shape index (κ2) is 6.03. The van der Waals surface area contributed by atoms with Crippen molar-refractivity contribution in [3.05, 3.63) is 17.8 Å². The normalized spacial score (nSPS) is 9.31. The van der Waals surface area contributed by atoms with E-state index < -0.39 is 0 Å². The maximum atomic E-state index is 10.6. The van der Waals surface area contributed by atoms with Crippen molar-refractivity contribution in [2.24, 2.45) is 0 Å². The van der Waals surface area contributed by atoms with Crippen LogP contribution in [0.2, 0.25) is 0 Å². The average Bonchev–Trinajstić information content (AvgIpc) is 2.22. The number of hydrogen-bond acceptors (Lipinski definition) is 5. The minimum Gasteiger partial charge on any atom is -0.396 e. The van der Waals surface area contributed by atoms with E-state index >= 15 is 0 Å². The van der Waals surface area contributed by atoms with Gasteiger partial charge in [-0.2, -0.15) is 0 Å². The first-order valence-electron chi connectivity index (χ1n) is 4.73. The van der Waals surface area contributed by atoms with Gasteiger partial charge in [-0.15, -0.1) is 0 Å². The maximum absolute atomic E-state index is 10.6. The highest BCUT2D eigenvalue weighted by molar-refractivity contribution is 8.13. The van der Waals surface area contributed by atoms with E-state index in [1.54, 1.807) is 19.2 Å². The van der Waals surface area contributed by atoms with Crippen LogP contribution in [0.25, 0.3) is 0 Å². The van der Waals surface area contributed by atoms with Crippen molar-refractivity contribution >= 4 is 28.4 Å². The first kappa shape index (κ1) is 12.4. The van der Waals surface area contributed by atoms with E-state index in [0.717, 1.165) is 5.56 Å². The third kappa shape index (κ3) is 4.24. The Morgan fingerprint density at radius 3 is 2.94 bits per heavy atom. The molecular formula is C11H13N3OS. The molecule has 1 aromatic rings. The Bertz CT molecular complexity index is 448. The molecule has 16 heavy (non-hydrogen) atoms. The van der Waals surface area contributed by atoms with Crippen LogP contribution in [0.3, 0.4) is 0 Å². The van der Waals surface area contributed by atoms with E-state index in [1.165, 1.54) is 11.8 Å². The standard InChI is InChI=1S/C11H13N3OS/c1-8(15)16-5-3-2-4-9-6-10(12)11(13)14-7-9/h6-7H,3,5,12H2,1H3,(H2,13,14). The van der Waals surface area contributed by atoms with Gasteiger partial charge in [0.15, 0.2) is 5.12 Å². The summed E-state index contributed by atoms with van der Waals surface area (Å²) in [5.41, 5.74) is 12.2. The third-order valence-corrected chi connectivity index (χ3v) is 2.53. The monoisotopic (exact) mass is 235 g/mol. The molecule has 4 nitrogen and oxygen atoms in total. The summed E-state index contributed by atoms with van der Waals surface area (Å²) in [6.45, 7) is 1.54. The zero-order valence-electron chi connectivity index (χ0n) is 8.99. The summed E-state index contributed by atoms with van der Waals surface area (Å²) in [6.07, 6.45) is 2.24. The number of hydrogen-bond donors (Lipinski definition) is 2. The second-order valence-corrected chi connectivity index (χ2v) is 4.36. The van der Waals surface area contributed by atoms with Crippen LogP contribution in [0.5, 0.6) is 0 Å². The molecule has 0 saturated carbocycles. The summed E-state index contributed by atoms with van der Waals surface area (Å²) in [5, 5.41) is 0.111. The zero-order chi connectivity index (χ0) is 12.0. The third-order valence-electron chi connectivity index (χ3n) is 1.71. The number of rotatable bonds is 2. The molecule has 0 atom stereocenters. The molecule has 0 aromatic carbocycles. The van der Waals surface area contributed by atoms with Crippen LogP contribution in [-0.2, 0) is 4.79 Å².